The van der Waals surface area contributed by atoms with Crippen molar-refractivity contribution in [3.8, 4) is 0 Å². The van der Waals surface area contributed by atoms with Crippen LogP contribution in [0.25, 0.3) is 5.76 Å². The highest BCUT2D eigenvalue weighted by atomic mass is 79.9. The van der Waals surface area contributed by atoms with Gasteiger partial charge in [-0.05, 0) is 58.1 Å². The van der Waals surface area contributed by atoms with Crippen molar-refractivity contribution in [2.24, 2.45) is 0 Å². The first kappa shape index (κ1) is 24.7. The molecular formula is C24H28BrN3O5. The van der Waals surface area contributed by atoms with E-state index in [0.717, 1.165) is 4.47 Å². The number of hydrogen-bond acceptors (Lipinski definition) is 6. The van der Waals surface area contributed by atoms with Gasteiger partial charge in [0.15, 0.2) is 0 Å². The van der Waals surface area contributed by atoms with Crippen molar-refractivity contribution in [1.82, 2.24) is 14.8 Å². The number of hydrogen-bond donors (Lipinski definition) is 2. The molecule has 0 saturated carbocycles. The molecule has 1 aliphatic rings. The van der Waals surface area contributed by atoms with Gasteiger partial charge in [-0.15, -0.1) is 0 Å². The van der Waals surface area contributed by atoms with Gasteiger partial charge in [-0.25, -0.2) is 4.79 Å². The number of aromatic amines is 1. The summed E-state index contributed by atoms with van der Waals surface area (Å²) in [5.74, 6) is -2.27. The van der Waals surface area contributed by atoms with E-state index in [1.165, 1.54) is 4.90 Å². The Labute approximate surface area is 201 Å². The van der Waals surface area contributed by atoms with E-state index >= 15 is 0 Å². The molecule has 0 radical (unpaired) electrons. The number of ether oxygens (including phenoxy) is 1. The molecule has 1 saturated heterocycles. The molecule has 33 heavy (non-hydrogen) atoms. The van der Waals surface area contributed by atoms with Crippen molar-refractivity contribution >= 4 is 39.3 Å². The fourth-order valence-corrected chi connectivity index (χ4v) is 4.32. The number of halogens is 1. The van der Waals surface area contributed by atoms with Crippen LogP contribution in [0.1, 0.15) is 45.8 Å². The standard InChI is InChI=1S/C24H28BrN3O5/c1-6-33-24(32)19-13(2)17(14(3)26-19)21(29)18-20(15-7-9-16(25)10-8-15)28(12-11-27(4)5)23(31)22(18)30/h7-10,20,26,29H,6,11-12H2,1-5H3/b21-18+/t20-/m1/s1. The number of carbonyl (C=O) groups is 3. The Hall–Kier alpha value is -2.91. The van der Waals surface area contributed by atoms with Crippen LogP contribution in [0.4, 0.5) is 0 Å². The van der Waals surface area contributed by atoms with Gasteiger partial charge in [0.1, 0.15) is 11.5 Å². The van der Waals surface area contributed by atoms with Crippen molar-refractivity contribution in [2.45, 2.75) is 26.8 Å². The zero-order chi connectivity index (χ0) is 24.4. The second-order valence-corrected chi connectivity index (χ2v) is 9.11. The van der Waals surface area contributed by atoms with E-state index in [1.54, 1.807) is 20.8 Å². The molecule has 2 heterocycles. The van der Waals surface area contributed by atoms with Crippen molar-refractivity contribution in [3.05, 3.63) is 62.4 Å². The number of likely N-dealkylation sites (N-methyl/N-ethyl adjacent to an activating group) is 1. The molecular weight excluding hydrogens is 490 g/mol. The number of aromatic nitrogens is 1. The molecule has 8 nitrogen and oxygen atoms in total. The van der Waals surface area contributed by atoms with E-state index in [0.29, 0.717) is 35.5 Å². The number of aliphatic hydroxyl groups is 1. The number of rotatable bonds is 7. The Morgan fingerprint density at radius 2 is 1.85 bits per heavy atom. The van der Waals surface area contributed by atoms with Gasteiger partial charge in [0.05, 0.1) is 18.2 Å². The SMILES string of the molecule is CCOC(=O)c1[nH]c(C)c(/C(O)=C2\C(=O)C(=O)N(CCN(C)C)[C@@H]2c2ccc(Br)cc2)c1C. The van der Waals surface area contributed by atoms with Gasteiger partial charge in [0.2, 0.25) is 0 Å². The number of Topliss-reactive ketones (excluding diaryl/α,β-unsaturated/α-hetero) is 1. The molecule has 1 atom stereocenters. The van der Waals surface area contributed by atoms with Crippen molar-refractivity contribution in [2.75, 3.05) is 33.8 Å². The average molecular weight is 518 g/mol. The Balaban J connectivity index is 2.19. The maximum Gasteiger partial charge on any atom is 0.355 e. The summed E-state index contributed by atoms with van der Waals surface area (Å²) in [6, 6.07) is 6.53. The monoisotopic (exact) mass is 517 g/mol. The van der Waals surface area contributed by atoms with Crippen molar-refractivity contribution in [1.29, 1.82) is 0 Å². The van der Waals surface area contributed by atoms with Gasteiger partial charge in [-0.3, -0.25) is 9.59 Å². The van der Waals surface area contributed by atoms with Gasteiger partial charge in [0, 0.05) is 28.8 Å². The first-order chi connectivity index (χ1) is 15.6. The summed E-state index contributed by atoms with van der Waals surface area (Å²) in [5.41, 5.74) is 2.19. The van der Waals surface area contributed by atoms with E-state index in [4.69, 9.17) is 4.74 Å². The number of amides is 1. The smallest absolute Gasteiger partial charge is 0.355 e. The molecule has 9 heteroatoms. The molecule has 1 aliphatic heterocycles. The quantitative estimate of drug-likeness (QED) is 0.252. The molecule has 176 valence electrons. The van der Waals surface area contributed by atoms with Gasteiger partial charge < -0.3 is 24.6 Å². The lowest BCUT2D eigenvalue weighted by atomic mass is 9.94. The lowest BCUT2D eigenvalue weighted by Crippen LogP contribution is -2.35. The number of nitrogens with one attached hydrogen (secondary N) is 1. The minimum atomic E-state index is -0.753. The number of aryl methyl sites for hydroxylation is 1. The van der Waals surface area contributed by atoms with Crippen LogP contribution in [0, 0.1) is 13.8 Å². The molecule has 1 amide bonds. The minimum absolute atomic E-state index is 0.00156. The summed E-state index contributed by atoms with van der Waals surface area (Å²) in [4.78, 5) is 44.8. The second-order valence-electron chi connectivity index (χ2n) is 8.19. The number of aliphatic hydroxyl groups excluding tert-OH is 1. The number of nitrogens with zero attached hydrogens (tertiary/aromatic N) is 2. The van der Waals surface area contributed by atoms with Crippen LogP contribution in [0.2, 0.25) is 0 Å². The van der Waals surface area contributed by atoms with Crippen molar-refractivity contribution < 1.29 is 24.2 Å². The van der Waals surface area contributed by atoms with Crippen LogP contribution in [0.15, 0.2) is 34.3 Å². The third-order valence-electron chi connectivity index (χ3n) is 5.67. The van der Waals surface area contributed by atoms with E-state index in [2.05, 4.69) is 20.9 Å². The average Bonchev–Trinajstić information content (AvgIpc) is 3.19. The van der Waals surface area contributed by atoms with Crippen molar-refractivity contribution in [3.63, 3.8) is 0 Å². The third kappa shape index (κ3) is 4.74. The lowest BCUT2D eigenvalue weighted by Gasteiger charge is -2.26. The molecule has 0 bridgehead atoms. The fraction of sp³-hybridized carbons (Fsp3) is 0.375. The topological polar surface area (TPSA) is 103 Å². The van der Waals surface area contributed by atoms with Crippen LogP contribution >= 0.6 is 15.9 Å². The highest BCUT2D eigenvalue weighted by molar-refractivity contribution is 9.10. The Bertz CT molecular complexity index is 1120. The second kappa shape index (κ2) is 9.93. The van der Waals surface area contributed by atoms with Crippen LogP contribution in [-0.2, 0) is 14.3 Å². The normalized spacial score (nSPS) is 17.8. The van der Waals surface area contributed by atoms with E-state index in [9.17, 15) is 19.5 Å². The first-order valence-corrected chi connectivity index (χ1v) is 11.4. The number of likely N-dealkylation sites (tertiary alicyclic amines) is 1. The molecule has 2 N–H and O–H groups in total. The molecule has 1 fully saturated rings. The summed E-state index contributed by atoms with van der Waals surface area (Å²) in [5, 5.41) is 11.4. The van der Waals surface area contributed by atoms with Gasteiger partial charge >= 0.3 is 5.97 Å². The maximum absolute atomic E-state index is 13.2. The maximum atomic E-state index is 13.2. The molecule has 2 aromatic rings. The van der Waals surface area contributed by atoms with Crippen LogP contribution in [0.3, 0.4) is 0 Å². The molecule has 0 spiro atoms. The van der Waals surface area contributed by atoms with Crippen LogP contribution in [0.5, 0.6) is 0 Å². The summed E-state index contributed by atoms with van der Waals surface area (Å²) in [7, 11) is 3.77. The highest BCUT2D eigenvalue weighted by Crippen LogP contribution is 2.41. The predicted octanol–water partition coefficient (Wildman–Crippen LogP) is 3.55. The number of carbonyl (C=O) groups excluding carboxylic acids is 3. The number of esters is 1. The van der Waals surface area contributed by atoms with Gasteiger partial charge in [-0.2, -0.15) is 0 Å². The molecule has 1 aromatic heterocycles. The zero-order valence-corrected chi connectivity index (χ0v) is 20.9. The zero-order valence-electron chi connectivity index (χ0n) is 19.4. The Kier molecular flexibility index (Phi) is 7.44. The Morgan fingerprint density at radius 3 is 2.42 bits per heavy atom. The first-order valence-electron chi connectivity index (χ1n) is 10.6. The van der Waals surface area contributed by atoms with E-state index in [1.807, 2.05) is 43.3 Å². The summed E-state index contributed by atoms with van der Waals surface area (Å²) < 4.78 is 5.94. The van der Waals surface area contributed by atoms with Gasteiger partial charge in [-0.1, -0.05) is 28.1 Å². The Morgan fingerprint density at radius 1 is 1.21 bits per heavy atom. The third-order valence-corrected chi connectivity index (χ3v) is 6.20. The summed E-state index contributed by atoms with van der Waals surface area (Å²) in [6.45, 7) is 6.14. The van der Waals surface area contributed by atoms with Gasteiger partial charge in [0.25, 0.3) is 11.7 Å². The summed E-state index contributed by atoms with van der Waals surface area (Å²) >= 11 is 3.41. The molecule has 3 rings (SSSR count). The lowest BCUT2D eigenvalue weighted by molar-refractivity contribution is -0.140. The molecule has 0 unspecified atom stereocenters. The predicted molar refractivity (Wildman–Crippen MR) is 128 cm³/mol. The minimum Gasteiger partial charge on any atom is -0.507 e. The number of ketones is 1. The van der Waals surface area contributed by atoms with E-state index < -0.39 is 23.7 Å². The van der Waals surface area contributed by atoms with E-state index in [-0.39, 0.29) is 23.6 Å². The highest BCUT2D eigenvalue weighted by Gasteiger charge is 2.46. The van der Waals surface area contributed by atoms with Crippen LogP contribution < -0.4 is 0 Å². The largest absolute Gasteiger partial charge is 0.507 e. The number of benzene rings is 1. The molecule has 1 aromatic carbocycles. The van der Waals surface area contributed by atoms with Crippen LogP contribution in [-0.4, -0.2) is 71.3 Å². The number of H-pyrrole nitrogens is 1. The fourth-order valence-electron chi connectivity index (χ4n) is 4.06. The summed E-state index contributed by atoms with van der Waals surface area (Å²) in [6.07, 6.45) is 0. The molecule has 0 aliphatic carbocycles.